The topological polar surface area (TPSA) is 89.3 Å². The first-order chi connectivity index (χ1) is 9.92. The lowest BCUT2D eigenvalue weighted by Crippen LogP contribution is -2.41. The molecular formula is C14H18N4O3. The van der Waals surface area contributed by atoms with Crippen LogP contribution < -0.4 is 5.32 Å². The molecule has 0 bridgehead atoms. The molecule has 2 unspecified atom stereocenters. The predicted molar refractivity (Wildman–Crippen MR) is 77.5 cm³/mol. The number of nitrogens with zero attached hydrogens (tertiary/aromatic N) is 3. The molecule has 3 heterocycles. The van der Waals surface area contributed by atoms with Crippen molar-refractivity contribution in [2.45, 2.75) is 31.9 Å². The van der Waals surface area contributed by atoms with Gasteiger partial charge in [-0.05, 0) is 20.3 Å². The zero-order valence-corrected chi connectivity index (χ0v) is 12.3. The highest BCUT2D eigenvalue weighted by Gasteiger charge is 2.38. The first-order valence-electron chi connectivity index (χ1n) is 6.86. The third kappa shape index (κ3) is 2.13. The van der Waals surface area contributed by atoms with Gasteiger partial charge in [-0.15, -0.1) is 0 Å². The Morgan fingerprint density at radius 1 is 1.57 bits per heavy atom. The van der Waals surface area contributed by atoms with Crippen molar-refractivity contribution >= 4 is 22.7 Å². The number of carbonyl (C=O) groups is 1. The third-order valence-electron chi connectivity index (χ3n) is 4.29. The molecule has 0 amide bonds. The van der Waals surface area contributed by atoms with Gasteiger partial charge in [0.2, 0.25) is 0 Å². The highest BCUT2D eigenvalue weighted by atomic mass is 16.5. The van der Waals surface area contributed by atoms with Crippen LogP contribution in [-0.4, -0.2) is 44.1 Å². The van der Waals surface area contributed by atoms with Crippen LogP contribution in [0.15, 0.2) is 12.4 Å². The molecule has 7 heteroatoms. The van der Waals surface area contributed by atoms with E-state index in [0.717, 1.165) is 6.42 Å². The molecule has 3 rings (SSSR count). The highest BCUT2D eigenvalue weighted by Crippen LogP contribution is 2.34. The Morgan fingerprint density at radius 2 is 2.33 bits per heavy atom. The predicted octanol–water partition coefficient (Wildman–Crippen LogP) is 1.65. The lowest BCUT2D eigenvalue weighted by molar-refractivity contribution is 0.0697. The van der Waals surface area contributed by atoms with Crippen LogP contribution >= 0.6 is 0 Å². The van der Waals surface area contributed by atoms with E-state index in [9.17, 15) is 9.90 Å². The summed E-state index contributed by atoms with van der Waals surface area (Å²) in [7, 11) is 1.78. The van der Waals surface area contributed by atoms with Crippen molar-refractivity contribution in [2.75, 3.05) is 11.9 Å². The molecule has 2 aromatic heterocycles. The van der Waals surface area contributed by atoms with Crippen LogP contribution in [0.25, 0.3) is 11.0 Å². The lowest BCUT2D eigenvalue weighted by atomic mass is 9.93. The Balaban J connectivity index is 2.15. The number of aromatic carboxylic acids is 1. The zero-order valence-electron chi connectivity index (χ0n) is 12.3. The van der Waals surface area contributed by atoms with Crippen LogP contribution in [0.3, 0.4) is 0 Å². The number of anilines is 1. The number of pyridine rings is 1. The summed E-state index contributed by atoms with van der Waals surface area (Å²) in [5.74, 6) is -1.01. The van der Waals surface area contributed by atoms with Gasteiger partial charge in [0.1, 0.15) is 5.56 Å². The molecule has 7 nitrogen and oxygen atoms in total. The molecule has 0 aliphatic carbocycles. The summed E-state index contributed by atoms with van der Waals surface area (Å²) in [5.41, 5.74) is 1.04. The standard InChI is InChI=1S/C14H18N4O3/c1-8-14(2,4-5-21-8)17-11-9-7-16-18(3)12(9)15-6-10(11)13(19)20/h6-8H,4-5H2,1-3H3,(H,15,17)(H,19,20). The molecule has 0 radical (unpaired) electrons. The first kappa shape index (κ1) is 13.8. The monoisotopic (exact) mass is 290 g/mol. The quantitative estimate of drug-likeness (QED) is 0.893. The maximum Gasteiger partial charge on any atom is 0.339 e. The summed E-state index contributed by atoms with van der Waals surface area (Å²) >= 11 is 0. The Bertz CT molecular complexity index is 712. The molecule has 21 heavy (non-hydrogen) atoms. The number of hydrogen-bond donors (Lipinski definition) is 2. The maximum atomic E-state index is 11.5. The van der Waals surface area contributed by atoms with Gasteiger partial charge in [-0.25, -0.2) is 9.78 Å². The van der Waals surface area contributed by atoms with Crippen LogP contribution in [0.5, 0.6) is 0 Å². The Kier molecular flexibility index (Phi) is 3.09. The number of rotatable bonds is 3. The Morgan fingerprint density at radius 3 is 2.95 bits per heavy atom. The fraction of sp³-hybridized carbons (Fsp3) is 0.500. The van der Waals surface area contributed by atoms with Gasteiger partial charge in [0.05, 0.1) is 28.9 Å². The van der Waals surface area contributed by atoms with E-state index in [1.165, 1.54) is 6.20 Å². The van der Waals surface area contributed by atoms with Crippen LogP contribution in [-0.2, 0) is 11.8 Å². The van der Waals surface area contributed by atoms with Crippen molar-refractivity contribution in [3.8, 4) is 0 Å². The Hall–Kier alpha value is -2.15. The van der Waals surface area contributed by atoms with Gasteiger partial charge in [0.15, 0.2) is 5.65 Å². The van der Waals surface area contributed by atoms with E-state index < -0.39 is 5.97 Å². The molecule has 0 spiro atoms. The van der Waals surface area contributed by atoms with Crippen LogP contribution in [0.2, 0.25) is 0 Å². The van der Waals surface area contributed by atoms with Crippen molar-refractivity contribution in [3.63, 3.8) is 0 Å². The fourth-order valence-electron chi connectivity index (χ4n) is 2.68. The second-order valence-electron chi connectivity index (χ2n) is 5.66. The maximum absolute atomic E-state index is 11.5. The first-order valence-corrected chi connectivity index (χ1v) is 6.86. The number of aryl methyl sites for hydroxylation is 1. The van der Waals surface area contributed by atoms with Gasteiger partial charge >= 0.3 is 5.97 Å². The molecule has 1 saturated heterocycles. The zero-order chi connectivity index (χ0) is 15.2. The van der Waals surface area contributed by atoms with E-state index >= 15 is 0 Å². The average molecular weight is 290 g/mol. The van der Waals surface area contributed by atoms with Crippen molar-refractivity contribution in [3.05, 3.63) is 18.0 Å². The smallest absolute Gasteiger partial charge is 0.339 e. The number of hydrogen-bond acceptors (Lipinski definition) is 5. The van der Waals surface area contributed by atoms with E-state index in [-0.39, 0.29) is 17.2 Å². The molecule has 2 atom stereocenters. The summed E-state index contributed by atoms with van der Waals surface area (Å²) in [6.07, 6.45) is 3.83. The van der Waals surface area contributed by atoms with Gasteiger partial charge in [-0.3, -0.25) is 4.68 Å². The van der Waals surface area contributed by atoms with Crippen molar-refractivity contribution in [1.82, 2.24) is 14.8 Å². The Labute approximate surface area is 121 Å². The number of nitrogens with one attached hydrogen (secondary N) is 1. The normalized spacial score (nSPS) is 25.4. The molecule has 2 N–H and O–H groups in total. The fourth-order valence-corrected chi connectivity index (χ4v) is 2.68. The van der Waals surface area contributed by atoms with E-state index in [4.69, 9.17) is 4.74 Å². The van der Waals surface area contributed by atoms with Gasteiger partial charge in [0.25, 0.3) is 0 Å². The molecule has 2 aromatic rings. The number of carboxylic acid groups (broad SMARTS) is 1. The van der Waals surface area contributed by atoms with Gasteiger partial charge < -0.3 is 15.2 Å². The van der Waals surface area contributed by atoms with Gasteiger partial charge in [-0.1, -0.05) is 0 Å². The summed E-state index contributed by atoms with van der Waals surface area (Å²) in [5, 5.41) is 17.7. The molecule has 0 saturated carbocycles. The largest absolute Gasteiger partial charge is 0.478 e. The molecule has 1 aliphatic rings. The minimum Gasteiger partial charge on any atom is -0.478 e. The highest BCUT2D eigenvalue weighted by molar-refractivity contribution is 6.03. The number of fused-ring (bicyclic) bond motifs is 1. The summed E-state index contributed by atoms with van der Waals surface area (Å²) < 4.78 is 7.24. The minimum atomic E-state index is -1.01. The summed E-state index contributed by atoms with van der Waals surface area (Å²) in [6, 6.07) is 0. The van der Waals surface area contributed by atoms with E-state index in [0.29, 0.717) is 23.3 Å². The van der Waals surface area contributed by atoms with Gasteiger partial charge in [0, 0.05) is 19.9 Å². The second-order valence-corrected chi connectivity index (χ2v) is 5.66. The van der Waals surface area contributed by atoms with Crippen molar-refractivity contribution in [1.29, 1.82) is 0 Å². The number of aromatic nitrogens is 3. The number of ether oxygens (including phenoxy) is 1. The summed E-state index contributed by atoms with van der Waals surface area (Å²) in [6.45, 7) is 4.69. The SMILES string of the molecule is CC1OCCC1(C)Nc1c(C(=O)O)cnc2c1cnn2C. The van der Waals surface area contributed by atoms with Crippen LogP contribution in [0.4, 0.5) is 5.69 Å². The molecule has 1 aliphatic heterocycles. The van der Waals surface area contributed by atoms with E-state index in [2.05, 4.69) is 15.4 Å². The molecule has 1 fully saturated rings. The second kappa shape index (κ2) is 4.70. The minimum absolute atomic E-state index is 0.000897. The average Bonchev–Trinajstić information content (AvgIpc) is 2.95. The van der Waals surface area contributed by atoms with Crippen molar-refractivity contribution in [2.24, 2.45) is 7.05 Å². The molecule has 112 valence electrons. The molecular weight excluding hydrogens is 272 g/mol. The summed E-state index contributed by atoms with van der Waals surface area (Å²) in [4.78, 5) is 15.7. The van der Waals surface area contributed by atoms with E-state index in [1.807, 2.05) is 13.8 Å². The molecule has 0 aromatic carbocycles. The van der Waals surface area contributed by atoms with Gasteiger partial charge in [-0.2, -0.15) is 5.10 Å². The third-order valence-corrected chi connectivity index (χ3v) is 4.29. The van der Waals surface area contributed by atoms with E-state index in [1.54, 1.807) is 17.9 Å². The van der Waals surface area contributed by atoms with Crippen LogP contribution in [0.1, 0.15) is 30.6 Å². The number of carboxylic acids is 1. The van der Waals surface area contributed by atoms with Crippen LogP contribution in [0, 0.1) is 0 Å². The van der Waals surface area contributed by atoms with Crippen molar-refractivity contribution < 1.29 is 14.6 Å². The lowest BCUT2D eigenvalue weighted by Gasteiger charge is -2.31.